The fraction of sp³-hybridized carbons (Fsp3) is 0.684. The first-order valence-electron chi connectivity index (χ1n) is 8.50. The van der Waals surface area contributed by atoms with Gasteiger partial charge in [0.05, 0.1) is 6.10 Å². The molecule has 0 aromatic carbocycles. The molecule has 4 aliphatic rings. The Morgan fingerprint density at radius 1 is 1.24 bits per heavy atom. The van der Waals surface area contributed by atoms with E-state index in [1.807, 2.05) is 6.08 Å². The third-order valence-corrected chi connectivity index (χ3v) is 7.08. The highest BCUT2D eigenvalue weighted by molar-refractivity contribution is 5.45. The molecule has 1 fully saturated rings. The average molecular weight is 285 g/mol. The predicted molar refractivity (Wildman–Crippen MR) is 85.6 cm³/mol. The van der Waals surface area contributed by atoms with E-state index in [0.717, 1.165) is 18.8 Å². The lowest BCUT2D eigenvalue weighted by atomic mass is 9.51. The van der Waals surface area contributed by atoms with E-state index >= 15 is 0 Å². The van der Waals surface area contributed by atoms with E-state index in [-0.39, 0.29) is 23.0 Å². The number of hydrogen-bond acceptors (Lipinski definition) is 2. The summed E-state index contributed by atoms with van der Waals surface area (Å²) in [5.41, 5.74) is 9.49. The molecule has 0 aromatic heterocycles. The zero-order valence-electron chi connectivity index (χ0n) is 13.2. The van der Waals surface area contributed by atoms with Crippen molar-refractivity contribution in [2.75, 3.05) is 0 Å². The highest BCUT2D eigenvalue weighted by Gasteiger charge is 2.52. The minimum absolute atomic E-state index is 0.0240. The second-order valence-electron chi connectivity index (χ2n) is 8.11. The van der Waals surface area contributed by atoms with E-state index in [1.54, 1.807) is 5.57 Å². The number of hydrogen-bond donors (Lipinski definition) is 2. The van der Waals surface area contributed by atoms with Crippen LogP contribution in [0.15, 0.2) is 35.5 Å². The first kappa shape index (κ1) is 13.8. The van der Waals surface area contributed by atoms with Gasteiger partial charge in [-0.15, -0.1) is 0 Å². The van der Waals surface area contributed by atoms with Crippen molar-refractivity contribution in [2.45, 2.75) is 58.1 Å². The molecule has 0 spiro atoms. The third kappa shape index (κ3) is 1.72. The largest absolute Gasteiger partial charge is 0.388 e. The number of rotatable bonds is 0. The molecule has 0 radical (unpaired) electrons. The second-order valence-corrected chi connectivity index (χ2v) is 8.11. The molecule has 2 nitrogen and oxygen atoms in total. The van der Waals surface area contributed by atoms with E-state index in [4.69, 9.17) is 5.73 Å². The van der Waals surface area contributed by atoms with Gasteiger partial charge in [-0.2, -0.15) is 0 Å². The van der Waals surface area contributed by atoms with Crippen LogP contribution in [0.1, 0.15) is 46.0 Å². The molecular formula is C19H27NO. The van der Waals surface area contributed by atoms with Crippen LogP contribution in [-0.4, -0.2) is 17.3 Å². The Bertz CT molecular complexity index is 560. The smallest absolute Gasteiger partial charge is 0.0817 e. The lowest BCUT2D eigenvalue weighted by Crippen LogP contribution is -2.47. The van der Waals surface area contributed by atoms with Crippen molar-refractivity contribution in [3.63, 3.8) is 0 Å². The van der Waals surface area contributed by atoms with Gasteiger partial charge in [-0.3, -0.25) is 0 Å². The Hall–Kier alpha value is -0.860. The monoisotopic (exact) mass is 285 g/mol. The molecule has 4 aliphatic carbocycles. The number of fused-ring (bicyclic) bond motifs is 4. The van der Waals surface area contributed by atoms with E-state index in [1.165, 1.54) is 24.8 Å². The lowest BCUT2D eigenvalue weighted by Gasteiger charge is -2.54. The van der Waals surface area contributed by atoms with Gasteiger partial charge in [0.1, 0.15) is 0 Å². The maximum Gasteiger partial charge on any atom is 0.0817 e. The molecule has 3 N–H and O–H groups in total. The molecule has 2 heteroatoms. The molecule has 0 aromatic rings. The summed E-state index contributed by atoms with van der Waals surface area (Å²) in [7, 11) is 0. The molecule has 114 valence electrons. The first-order chi connectivity index (χ1) is 9.95. The molecular weight excluding hydrogens is 258 g/mol. The summed E-state index contributed by atoms with van der Waals surface area (Å²) in [5, 5.41) is 10.4. The SMILES string of the molecule is C[C@]12C=C[C@H](N)C[C@H]1CCC1=C3C=C[C@H](O)[C@@]3(C)CC[C@@H]12. The van der Waals surface area contributed by atoms with Crippen molar-refractivity contribution >= 4 is 0 Å². The van der Waals surface area contributed by atoms with Crippen molar-refractivity contribution in [1.29, 1.82) is 0 Å². The average Bonchev–Trinajstić information content (AvgIpc) is 2.76. The molecule has 0 bridgehead atoms. The van der Waals surface area contributed by atoms with Gasteiger partial charge in [0.2, 0.25) is 0 Å². The quantitative estimate of drug-likeness (QED) is 0.671. The zero-order chi connectivity index (χ0) is 14.8. The summed E-state index contributed by atoms with van der Waals surface area (Å²) in [6.45, 7) is 4.69. The van der Waals surface area contributed by atoms with E-state index in [2.05, 4.69) is 32.1 Å². The van der Waals surface area contributed by atoms with Crippen molar-refractivity contribution in [3.8, 4) is 0 Å². The van der Waals surface area contributed by atoms with Gasteiger partial charge >= 0.3 is 0 Å². The predicted octanol–water partition coefficient (Wildman–Crippen LogP) is 3.33. The van der Waals surface area contributed by atoms with Crippen LogP contribution >= 0.6 is 0 Å². The number of aliphatic hydroxyl groups is 1. The first-order valence-corrected chi connectivity index (χ1v) is 8.50. The third-order valence-electron chi connectivity index (χ3n) is 7.08. The van der Waals surface area contributed by atoms with Crippen molar-refractivity contribution in [1.82, 2.24) is 0 Å². The van der Waals surface area contributed by atoms with E-state index in [0.29, 0.717) is 5.92 Å². The van der Waals surface area contributed by atoms with Gasteiger partial charge in [-0.1, -0.05) is 43.7 Å². The van der Waals surface area contributed by atoms with Gasteiger partial charge in [-0.05, 0) is 54.9 Å². The highest BCUT2D eigenvalue weighted by atomic mass is 16.3. The number of aliphatic hydroxyl groups excluding tert-OH is 1. The van der Waals surface area contributed by atoms with Crippen LogP contribution < -0.4 is 5.73 Å². The zero-order valence-corrected chi connectivity index (χ0v) is 13.2. The van der Waals surface area contributed by atoms with E-state index < -0.39 is 0 Å². The molecule has 1 saturated carbocycles. The number of nitrogens with two attached hydrogens (primary N) is 1. The maximum absolute atomic E-state index is 10.4. The molecule has 6 atom stereocenters. The van der Waals surface area contributed by atoms with Crippen LogP contribution in [0.25, 0.3) is 0 Å². The summed E-state index contributed by atoms with van der Waals surface area (Å²) < 4.78 is 0. The Morgan fingerprint density at radius 3 is 2.86 bits per heavy atom. The van der Waals surface area contributed by atoms with Gasteiger partial charge in [-0.25, -0.2) is 0 Å². The molecule has 0 saturated heterocycles. The van der Waals surface area contributed by atoms with Gasteiger partial charge in [0.25, 0.3) is 0 Å². The van der Waals surface area contributed by atoms with Gasteiger partial charge in [0.15, 0.2) is 0 Å². The fourth-order valence-electron chi connectivity index (χ4n) is 5.59. The summed E-state index contributed by atoms with van der Waals surface area (Å²) in [6, 6.07) is 0.249. The van der Waals surface area contributed by atoms with Gasteiger partial charge in [0, 0.05) is 11.5 Å². The minimum Gasteiger partial charge on any atom is -0.388 e. The Balaban J connectivity index is 1.79. The molecule has 0 aliphatic heterocycles. The Kier molecular flexibility index (Phi) is 2.84. The second kappa shape index (κ2) is 4.33. The normalized spacial score (nSPS) is 51.6. The van der Waals surface area contributed by atoms with Crippen LogP contribution in [0.5, 0.6) is 0 Å². The summed E-state index contributed by atoms with van der Waals surface area (Å²) in [5.74, 6) is 1.38. The van der Waals surface area contributed by atoms with Crippen LogP contribution in [0.2, 0.25) is 0 Å². The molecule has 0 heterocycles. The fourth-order valence-corrected chi connectivity index (χ4v) is 5.59. The topological polar surface area (TPSA) is 46.2 Å². The van der Waals surface area contributed by atoms with Crippen LogP contribution in [0.4, 0.5) is 0 Å². The maximum atomic E-state index is 10.4. The molecule has 0 amide bonds. The van der Waals surface area contributed by atoms with Crippen LogP contribution in [0.3, 0.4) is 0 Å². The summed E-state index contributed by atoms with van der Waals surface area (Å²) in [4.78, 5) is 0. The van der Waals surface area contributed by atoms with Crippen molar-refractivity contribution < 1.29 is 5.11 Å². The number of allylic oxidation sites excluding steroid dienone is 3. The van der Waals surface area contributed by atoms with E-state index in [9.17, 15) is 5.11 Å². The lowest BCUT2D eigenvalue weighted by molar-refractivity contribution is 0.0526. The van der Waals surface area contributed by atoms with Crippen molar-refractivity contribution in [2.24, 2.45) is 28.4 Å². The highest BCUT2D eigenvalue weighted by Crippen LogP contribution is 2.61. The van der Waals surface area contributed by atoms with Crippen LogP contribution in [-0.2, 0) is 0 Å². The molecule has 4 rings (SSSR count). The standard InChI is InChI=1S/C19H27NO/c1-18-9-7-13(20)11-12(18)3-4-14-15-5-6-17(21)19(15,2)10-8-16(14)18/h5-7,9,12-13,16-17,21H,3-4,8,10-11,20H2,1-2H3/t12-,13+,16+,17+,18+,19+/m1/s1. The summed E-state index contributed by atoms with van der Waals surface area (Å²) >= 11 is 0. The Labute approximate surface area is 127 Å². The van der Waals surface area contributed by atoms with Gasteiger partial charge < -0.3 is 10.8 Å². The summed E-state index contributed by atoms with van der Waals surface area (Å²) in [6.07, 6.45) is 14.5. The minimum atomic E-state index is -0.290. The molecule has 0 unspecified atom stereocenters. The Morgan fingerprint density at radius 2 is 2.05 bits per heavy atom. The van der Waals surface area contributed by atoms with Crippen LogP contribution in [0, 0.1) is 22.7 Å². The van der Waals surface area contributed by atoms with Crippen molar-refractivity contribution in [3.05, 3.63) is 35.5 Å². The molecule has 21 heavy (non-hydrogen) atoms.